The van der Waals surface area contributed by atoms with Crippen LogP contribution in [0.5, 0.6) is 0 Å². The highest BCUT2D eigenvalue weighted by Crippen LogP contribution is 2.27. The lowest BCUT2D eigenvalue weighted by atomic mass is 10.2. The third-order valence-electron chi connectivity index (χ3n) is 1.69. The lowest BCUT2D eigenvalue weighted by molar-refractivity contribution is 0.285. The van der Waals surface area contributed by atoms with Gasteiger partial charge in [-0.3, -0.25) is 0 Å². The molecule has 0 amide bonds. The van der Waals surface area contributed by atoms with Gasteiger partial charge in [-0.05, 0) is 23.6 Å². The van der Waals surface area contributed by atoms with Crippen LogP contribution in [0.4, 0.5) is 0 Å². The maximum Gasteiger partial charge on any atom is 0.0774 e. The van der Waals surface area contributed by atoms with Gasteiger partial charge < -0.3 is 5.11 Å². The normalized spacial score (nSPS) is 10.8. The molecule has 2 rings (SSSR count). The first-order chi connectivity index (χ1) is 5.79. The quantitative estimate of drug-likeness (QED) is 0.747. The average molecular weight is 199 g/mol. The number of hydrogen-bond acceptors (Lipinski definition) is 2. The van der Waals surface area contributed by atoms with Gasteiger partial charge in [-0.25, -0.2) is 0 Å². The van der Waals surface area contributed by atoms with Crippen molar-refractivity contribution in [3.63, 3.8) is 0 Å². The Bertz CT molecular complexity index is 408. The summed E-state index contributed by atoms with van der Waals surface area (Å²) in [5.41, 5.74) is 0. The molecule has 1 aromatic carbocycles. The van der Waals surface area contributed by atoms with E-state index in [-0.39, 0.29) is 6.61 Å². The first-order valence-corrected chi connectivity index (χ1v) is 4.78. The summed E-state index contributed by atoms with van der Waals surface area (Å²) in [6.07, 6.45) is 0. The number of thiophene rings is 1. The van der Waals surface area contributed by atoms with Crippen LogP contribution in [-0.4, -0.2) is 5.11 Å². The van der Waals surface area contributed by atoms with Crippen LogP contribution in [0, 0.1) is 0 Å². The van der Waals surface area contributed by atoms with Crippen LogP contribution in [0.1, 0.15) is 4.88 Å². The summed E-state index contributed by atoms with van der Waals surface area (Å²) in [6, 6.07) is 7.72. The van der Waals surface area contributed by atoms with E-state index in [2.05, 4.69) is 0 Å². The second-order valence-electron chi connectivity index (χ2n) is 2.55. The molecule has 1 aromatic heterocycles. The minimum Gasteiger partial charge on any atom is -0.391 e. The van der Waals surface area contributed by atoms with Gasteiger partial charge in [-0.2, -0.15) is 0 Å². The number of fused-ring (bicyclic) bond motifs is 1. The highest BCUT2D eigenvalue weighted by Gasteiger charge is 2.00. The highest BCUT2D eigenvalue weighted by molar-refractivity contribution is 7.19. The largest absolute Gasteiger partial charge is 0.391 e. The van der Waals surface area contributed by atoms with Crippen molar-refractivity contribution in [2.24, 2.45) is 0 Å². The van der Waals surface area contributed by atoms with Gasteiger partial charge in [0.05, 0.1) is 6.61 Å². The van der Waals surface area contributed by atoms with Crippen LogP contribution in [0.15, 0.2) is 24.3 Å². The minimum atomic E-state index is 0.108. The number of hydrogen-bond donors (Lipinski definition) is 1. The molecule has 0 saturated heterocycles. The zero-order valence-corrected chi connectivity index (χ0v) is 7.82. The lowest BCUT2D eigenvalue weighted by Gasteiger charge is -1.88. The summed E-state index contributed by atoms with van der Waals surface area (Å²) < 4.78 is 1.13. The van der Waals surface area contributed by atoms with Crippen LogP contribution in [0.25, 0.3) is 10.1 Å². The van der Waals surface area contributed by atoms with Gasteiger partial charge in [0, 0.05) is 14.6 Å². The molecule has 2 aromatic rings. The fourth-order valence-electron chi connectivity index (χ4n) is 1.14. The number of aliphatic hydroxyl groups is 1. The fraction of sp³-hybridized carbons (Fsp3) is 0.111. The van der Waals surface area contributed by atoms with Gasteiger partial charge in [0.25, 0.3) is 0 Å². The molecule has 0 unspecified atom stereocenters. The van der Waals surface area contributed by atoms with Gasteiger partial charge in [-0.1, -0.05) is 17.7 Å². The average Bonchev–Trinajstić information content (AvgIpc) is 2.46. The van der Waals surface area contributed by atoms with E-state index in [0.29, 0.717) is 0 Å². The Morgan fingerprint density at radius 2 is 2.17 bits per heavy atom. The van der Waals surface area contributed by atoms with Crippen LogP contribution < -0.4 is 0 Å². The predicted octanol–water partition coefficient (Wildman–Crippen LogP) is 3.05. The summed E-state index contributed by atoms with van der Waals surface area (Å²) in [4.78, 5) is 0.979. The molecular weight excluding hydrogens is 192 g/mol. The molecule has 0 saturated carbocycles. The summed E-state index contributed by atoms with van der Waals surface area (Å²) in [5, 5.41) is 10.8. The fourth-order valence-corrected chi connectivity index (χ4v) is 2.34. The zero-order valence-electron chi connectivity index (χ0n) is 6.25. The Morgan fingerprint density at radius 3 is 2.92 bits per heavy atom. The van der Waals surface area contributed by atoms with E-state index < -0.39 is 0 Å². The van der Waals surface area contributed by atoms with Crippen molar-refractivity contribution in [1.29, 1.82) is 0 Å². The second-order valence-corrected chi connectivity index (χ2v) is 4.16. The molecule has 1 N–H and O–H groups in total. The van der Waals surface area contributed by atoms with Crippen LogP contribution in [-0.2, 0) is 6.61 Å². The molecular formula is C9H7ClOS. The van der Waals surface area contributed by atoms with Crippen LogP contribution >= 0.6 is 22.9 Å². The number of benzene rings is 1. The molecule has 0 aliphatic carbocycles. The second kappa shape index (κ2) is 3.05. The van der Waals surface area contributed by atoms with Crippen molar-refractivity contribution < 1.29 is 5.11 Å². The Morgan fingerprint density at radius 1 is 1.33 bits per heavy atom. The van der Waals surface area contributed by atoms with E-state index in [1.54, 1.807) is 11.3 Å². The topological polar surface area (TPSA) is 20.2 Å². The van der Waals surface area contributed by atoms with Crippen LogP contribution in [0.3, 0.4) is 0 Å². The molecule has 0 fully saturated rings. The van der Waals surface area contributed by atoms with E-state index in [1.165, 1.54) is 0 Å². The Kier molecular flexibility index (Phi) is 2.05. The smallest absolute Gasteiger partial charge is 0.0774 e. The minimum absolute atomic E-state index is 0.108. The van der Waals surface area contributed by atoms with E-state index in [0.717, 1.165) is 20.0 Å². The van der Waals surface area contributed by atoms with E-state index in [1.807, 2.05) is 24.3 Å². The summed E-state index contributed by atoms with van der Waals surface area (Å²) >= 11 is 7.39. The Labute approximate surface area is 79.2 Å². The third-order valence-corrected chi connectivity index (χ3v) is 3.01. The van der Waals surface area contributed by atoms with Gasteiger partial charge in [0.15, 0.2) is 0 Å². The molecule has 0 spiro atoms. The van der Waals surface area contributed by atoms with Crippen molar-refractivity contribution in [2.45, 2.75) is 6.61 Å². The van der Waals surface area contributed by atoms with Crippen molar-refractivity contribution in [3.8, 4) is 0 Å². The molecule has 12 heavy (non-hydrogen) atoms. The molecule has 0 aliphatic heterocycles. The monoisotopic (exact) mass is 198 g/mol. The van der Waals surface area contributed by atoms with Gasteiger partial charge in [0.2, 0.25) is 0 Å². The third kappa shape index (κ3) is 1.33. The van der Waals surface area contributed by atoms with Crippen molar-refractivity contribution in [1.82, 2.24) is 0 Å². The zero-order chi connectivity index (χ0) is 8.55. The maximum absolute atomic E-state index is 8.89. The molecule has 0 radical (unpaired) electrons. The molecule has 0 aliphatic rings. The van der Waals surface area contributed by atoms with Gasteiger partial charge >= 0.3 is 0 Å². The van der Waals surface area contributed by atoms with Crippen molar-refractivity contribution >= 4 is 33.0 Å². The summed E-state index contributed by atoms with van der Waals surface area (Å²) in [5.74, 6) is 0. The number of rotatable bonds is 1. The molecule has 3 heteroatoms. The van der Waals surface area contributed by atoms with E-state index in [9.17, 15) is 0 Å². The first-order valence-electron chi connectivity index (χ1n) is 3.58. The maximum atomic E-state index is 8.89. The number of halogens is 1. The number of aliphatic hydroxyl groups excluding tert-OH is 1. The summed E-state index contributed by atoms with van der Waals surface area (Å²) in [6.45, 7) is 0.108. The molecule has 1 nitrogen and oxygen atoms in total. The van der Waals surface area contributed by atoms with Gasteiger partial charge in [0.1, 0.15) is 0 Å². The SMILES string of the molecule is OCc1cc2ccc(Cl)cc2s1. The standard InChI is InChI=1S/C9H7ClOS/c10-7-2-1-6-3-8(5-11)12-9(6)4-7/h1-4,11H,5H2. The lowest BCUT2D eigenvalue weighted by Crippen LogP contribution is -1.70. The Hall–Kier alpha value is -0.570. The van der Waals surface area contributed by atoms with Gasteiger partial charge in [-0.15, -0.1) is 11.3 Å². The van der Waals surface area contributed by atoms with Crippen LogP contribution in [0.2, 0.25) is 5.02 Å². The van der Waals surface area contributed by atoms with E-state index in [4.69, 9.17) is 16.7 Å². The van der Waals surface area contributed by atoms with Crippen molar-refractivity contribution in [2.75, 3.05) is 0 Å². The molecule has 62 valence electrons. The van der Waals surface area contributed by atoms with E-state index >= 15 is 0 Å². The highest BCUT2D eigenvalue weighted by atomic mass is 35.5. The van der Waals surface area contributed by atoms with Crippen molar-refractivity contribution in [3.05, 3.63) is 34.2 Å². The summed E-state index contributed by atoms with van der Waals surface area (Å²) in [7, 11) is 0. The Balaban J connectivity index is 2.67. The molecule has 1 heterocycles. The predicted molar refractivity (Wildman–Crippen MR) is 52.8 cm³/mol. The molecule has 0 atom stereocenters. The first kappa shape index (κ1) is 8.05. The molecule has 0 bridgehead atoms.